The van der Waals surface area contributed by atoms with E-state index in [1.54, 1.807) is 0 Å². The fourth-order valence-corrected chi connectivity index (χ4v) is 2.13. The maximum atomic E-state index is 10.2. The fraction of sp³-hybridized carbons (Fsp3) is 0.846. The third-order valence-corrected chi connectivity index (χ3v) is 3.26. The molecule has 0 N–H and O–H groups in total. The molecule has 0 heterocycles. The molecule has 5 heteroatoms. The molecule has 0 saturated carbocycles. The third kappa shape index (κ3) is 19.0. The molecule has 0 radical (unpaired) electrons. The minimum atomic E-state index is -4.16. The van der Waals surface area contributed by atoms with Gasteiger partial charge in [0.2, 0.25) is 0 Å². The minimum absolute atomic E-state index is 0. The van der Waals surface area contributed by atoms with Crippen LogP contribution in [0.2, 0.25) is 0 Å². The van der Waals surface area contributed by atoms with E-state index in [0.717, 1.165) is 18.2 Å². The Kier molecular flexibility index (Phi) is 16.4. The van der Waals surface area contributed by atoms with E-state index in [4.69, 9.17) is 0 Å². The summed E-state index contributed by atoms with van der Waals surface area (Å²) in [6.45, 7) is 2.22. The van der Waals surface area contributed by atoms with Crippen molar-refractivity contribution in [1.29, 1.82) is 0 Å². The molecule has 3 nitrogen and oxygen atoms in total. The summed E-state index contributed by atoms with van der Waals surface area (Å²) in [6.07, 6.45) is 13.4. The van der Waals surface area contributed by atoms with Crippen LogP contribution in [0.25, 0.3) is 0 Å². The van der Waals surface area contributed by atoms with Crippen molar-refractivity contribution in [3.05, 3.63) is 11.5 Å². The molecule has 0 saturated heterocycles. The van der Waals surface area contributed by atoms with Crippen molar-refractivity contribution in [3.63, 3.8) is 0 Å². The van der Waals surface area contributed by atoms with Gasteiger partial charge in [0.1, 0.15) is 10.1 Å². The molecular formula is C13H25NaO3S. The summed E-state index contributed by atoms with van der Waals surface area (Å²) in [5.41, 5.74) is 0. The second kappa shape index (κ2) is 14.1. The molecule has 0 aliphatic rings. The van der Waals surface area contributed by atoms with Gasteiger partial charge in [-0.05, 0) is 12.8 Å². The van der Waals surface area contributed by atoms with Gasteiger partial charge in [-0.1, -0.05) is 64.4 Å². The minimum Gasteiger partial charge on any atom is -0.744 e. The first kappa shape index (κ1) is 21.0. The molecule has 0 amide bonds. The number of unbranched alkanes of at least 4 members (excludes halogenated alkanes) is 9. The van der Waals surface area contributed by atoms with Crippen LogP contribution in [0, 0.1) is 0 Å². The zero-order valence-electron chi connectivity index (χ0n) is 11.9. The molecule has 0 aromatic heterocycles. The van der Waals surface area contributed by atoms with Crippen molar-refractivity contribution in [2.75, 3.05) is 0 Å². The Balaban J connectivity index is 0. The van der Waals surface area contributed by atoms with Crippen LogP contribution in [0.3, 0.4) is 0 Å². The van der Waals surface area contributed by atoms with Gasteiger partial charge in [0.25, 0.3) is 0 Å². The summed E-state index contributed by atoms with van der Waals surface area (Å²) in [6, 6.07) is 0. The molecule has 0 aliphatic heterocycles. The average molecular weight is 284 g/mol. The van der Waals surface area contributed by atoms with E-state index in [1.165, 1.54) is 51.0 Å². The van der Waals surface area contributed by atoms with Crippen LogP contribution >= 0.6 is 0 Å². The van der Waals surface area contributed by atoms with Gasteiger partial charge in [-0.25, -0.2) is 8.42 Å². The normalized spacial score (nSPS) is 11.7. The number of allylic oxidation sites excluding steroid dienone is 1. The van der Waals surface area contributed by atoms with Gasteiger partial charge in [-0.2, -0.15) is 0 Å². The van der Waals surface area contributed by atoms with Gasteiger partial charge < -0.3 is 4.55 Å². The molecule has 18 heavy (non-hydrogen) atoms. The fourth-order valence-electron chi connectivity index (χ4n) is 1.76. The van der Waals surface area contributed by atoms with Gasteiger partial charge in [-0.3, -0.25) is 0 Å². The molecule has 0 spiro atoms. The largest absolute Gasteiger partial charge is 1.00 e. The average Bonchev–Trinajstić information content (AvgIpc) is 2.24. The summed E-state index contributed by atoms with van der Waals surface area (Å²) < 4.78 is 30.7. The SMILES string of the molecule is CCCCCCCCCCCC=CS(=O)(=O)[O-].[Na+]. The van der Waals surface area contributed by atoms with Gasteiger partial charge in [0, 0.05) is 5.41 Å². The Morgan fingerprint density at radius 1 is 0.889 bits per heavy atom. The Labute approximate surface area is 134 Å². The van der Waals surface area contributed by atoms with Crippen molar-refractivity contribution >= 4 is 10.1 Å². The van der Waals surface area contributed by atoms with Crippen molar-refractivity contribution in [1.82, 2.24) is 0 Å². The standard InChI is InChI=1S/C13H26O3S.Na/c1-2-3-4-5-6-7-8-9-10-11-12-13-17(14,15)16;/h12-13H,2-11H2,1H3,(H,14,15,16);/q;+1/p-1. The second-order valence-corrected chi connectivity index (χ2v) is 5.74. The molecule has 0 rings (SSSR count). The first-order valence-electron chi connectivity index (χ1n) is 6.68. The zero-order valence-corrected chi connectivity index (χ0v) is 14.7. The summed E-state index contributed by atoms with van der Waals surface area (Å²) in [5.74, 6) is 0. The van der Waals surface area contributed by atoms with Crippen molar-refractivity contribution in [3.8, 4) is 0 Å². The predicted molar refractivity (Wildman–Crippen MR) is 70.7 cm³/mol. The van der Waals surface area contributed by atoms with Crippen LogP contribution in [0.1, 0.15) is 71.1 Å². The van der Waals surface area contributed by atoms with Crippen LogP contribution in [-0.4, -0.2) is 13.0 Å². The van der Waals surface area contributed by atoms with E-state index in [1.807, 2.05) is 0 Å². The Morgan fingerprint density at radius 2 is 1.33 bits per heavy atom. The monoisotopic (exact) mass is 284 g/mol. The topological polar surface area (TPSA) is 57.2 Å². The van der Waals surface area contributed by atoms with Crippen LogP contribution in [0.5, 0.6) is 0 Å². The molecular weight excluding hydrogens is 259 g/mol. The third-order valence-electron chi connectivity index (χ3n) is 2.74. The summed E-state index contributed by atoms with van der Waals surface area (Å²) in [4.78, 5) is 0. The zero-order chi connectivity index (χ0) is 13.0. The van der Waals surface area contributed by atoms with E-state index in [9.17, 15) is 13.0 Å². The molecule has 0 aromatic rings. The second-order valence-electron chi connectivity index (χ2n) is 4.48. The molecule has 0 atom stereocenters. The Hall–Kier alpha value is 0.650. The summed E-state index contributed by atoms with van der Waals surface area (Å²) in [7, 11) is -4.16. The molecule has 0 aliphatic carbocycles. The van der Waals surface area contributed by atoms with Gasteiger partial charge in [0.15, 0.2) is 0 Å². The molecule has 102 valence electrons. The van der Waals surface area contributed by atoms with E-state index >= 15 is 0 Å². The quantitative estimate of drug-likeness (QED) is 0.323. The smallest absolute Gasteiger partial charge is 0.744 e. The Morgan fingerprint density at radius 3 is 1.78 bits per heavy atom. The first-order chi connectivity index (χ1) is 8.06. The molecule has 0 unspecified atom stereocenters. The van der Waals surface area contributed by atoms with Crippen molar-refractivity contribution in [2.45, 2.75) is 71.1 Å². The van der Waals surface area contributed by atoms with E-state index in [0.29, 0.717) is 6.42 Å². The molecule has 0 bridgehead atoms. The Bertz CT molecular complexity index is 287. The number of hydrogen-bond acceptors (Lipinski definition) is 3. The van der Waals surface area contributed by atoms with Gasteiger partial charge in [-0.15, -0.1) is 0 Å². The summed E-state index contributed by atoms with van der Waals surface area (Å²) in [5, 5.41) is 0.762. The van der Waals surface area contributed by atoms with Crippen LogP contribution < -0.4 is 29.6 Å². The van der Waals surface area contributed by atoms with E-state index in [-0.39, 0.29) is 29.6 Å². The molecule has 0 aromatic carbocycles. The maximum absolute atomic E-state index is 10.2. The molecule has 0 fully saturated rings. The van der Waals surface area contributed by atoms with E-state index in [2.05, 4.69) is 6.92 Å². The van der Waals surface area contributed by atoms with Crippen molar-refractivity contribution in [2.24, 2.45) is 0 Å². The maximum Gasteiger partial charge on any atom is 1.00 e. The van der Waals surface area contributed by atoms with E-state index < -0.39 is 10.1 Å². The predicted octanol–water partition coefficient (Wildman–Crippen LogP) is 0.970. The van der Waals surface area contributed by atoms with Crippen LogP contribution in [0.15, 0.2) is 11.5 Å². The van der Waals surface area contributed by atoms with Gasteiger partial charge >= 0.3 is 29.6 Å². The van der Waals surface area contributed by atoms with Crippen LogP contribution in [0.4, 0.5) is 0 Å². The van der Waals surface area contributed by atoms with Crippen molar-refractivity contribution < 1.29 is 42.5 Å². The number of hydrogen-bond donors (Lipinski definition) is 0. The first-order valence-corrected chi connectivity index (χ1v) is 8.16. The van der Waals surface area contributed by atoms with Crippen LogP contribution in [-0.2, 0) is 10.1 Å². The number of rotatable bonds is 11. The van der Waals surface area contributed by atoms with Gasteiger partial charge in [0.05, 0.1) is 0 Å². The summed E-state index contributed by atoms with van der Waals surface area (Å²) >= 11 is 0.